The molecule has 2 heteroatoms. The number of hydrogen-bond acceptors (Lipinski definition) is 1. The Bertz CT molecular complexity index is 3750. The molecular weight excluding hydrogens is 809 g/mol. The molecule has 0 spiro atoms. The highest BCUT2D eigenvalue weighted by Crippen LogP contribution is 2.53. The van der Waals surface area contributed by atoms with Crippen molar-refractivity contribution in [3.05, 3.63) is 250 Å². The van der Waals surface area contributed by atoms with Crippen LogP contribution in [-0.4, -0.2) is 10.4 Å². The van der Waals surface area contributed by atoms with Gasteiger partial charge in [-0.25, -0.2) is 4.99 Å². The van der Waals surface area contributed by atoms with Crippen LogP contribution in [-0.2, 0) is 12.8 Å². The van der Waals surface area contributed by atoms with Gasteiger partial charge >= 0.3 is 0 Å². The minimum atomic E-state index is 0.112. The van der Waals surface area contributed by atoms with Crippen molar-refractivity contribution in [1.82, 2.24) is 4.57 Å². The lowest BCUT2D eigenvalue weighted by molar-refractivity contribution is 0.764. The van der Waals surface area contributed by atoms with Crippen molar-refractivity contribution in [1.29, 1.82) is 0 Å². The van der Waals surface area contributed by atoms with Gasteiger partial charge in [-0.2, -0.15) is 0 Å². The van der Waals surface area contributed by atoms with E-state index in [-0.39, 0.29) is 11.8 Å². The van der Waals surface area contributed by atoms with Crippen molar-refractivity contribution in [3.8, 4) is 33.4 Å². The van der Waals surface area contributed by atoms with E-state index in [1.54, 1.807) is 0 Å². The maximum atomic E-state index is 6.10. The molecule has 2 bridgehead atoms. The molecule has 10 aromatic rings. The largest absolute Gasteiger partial charge is 0.297 e. The molecule has 4 aliphatic rings. The summed E-state index contributed by atoms with van der Waals surface area (Å²) in [5.41, 5.74) is 24.9. The van der Waals surface area contributed by atoms with Crippen LogP contribution in [0.5, 0.6) is 0 Å². The fraction of sp³-hybridized carbons (Fsp3) is 0.123. The number of benzene rings is 9. The van der Waals surface area contributed by atoms with E-state index in [0.717, 1.165) is 36.4 Å². The van der Waals surface area contributed by atoms with E-state index in [0.29, 0.717) is 5.92 Å². The molecule has 0 fully saturated rings. The van der Waals surface area contributed by atoms with Gasteiger partial charge in [-0.15, -0.1) is 0 Å². The van der Waals surface area contributed by atoms with Crippen LogP contribution in [0.3, 0.4) is 0 Å². The van der Waals surface area contributed by atoms with Gasteiger partial charge in [-0.05, 0) is 131 Å². The summed E-state index contributed by atoms with van der Waals surface area (Å²) in [6.45, 7) is 4.79. The highest BCUT2D eigenvalue weighted by molar-refractivity contribution is 6.15. The van der Waals surface area contributed by atoms with E-state index in [1.807, 2.05) is 0 Å². The number of allylic oxidation sites excluding steroid dienone is 3. The SMILES string of the molecule is CC1c2ccccc2-c2cc3c(cc21)C1Cc2cc4ccccc4cc2-c2ccc(cc21)CC1=C(c2ccc(-c4ccccc4)cc2)/N=C(/n2c4ccccc4c4ccccc42)[C@H](C)C\C=C\13. The van der Waals surface area contributed by atoms with E-state index in [4.69, 9.17) is 4.99 Å². The van der Waals surface area contributed by atoms with Crippen molar-refractivity contribution in [2.45, 2.75) is 44.9 Å². The predicted molar refractivity (Wildman–Crippen MR) is 281 cm³/mol. The highest BCUT2D eigenvalue weighted by atomic mass is 15.1. The molecular formula is C65H48N2. The lowest BCUT2D eigenvalue weighted by Crippen LogP contribution is -2.22. The Kier molecular flexibility index (Phi) is 8.53. The number of rotatable bonds is 2. The van der Waals surface area contributed by atoms with Crippen LogP contribution < -0.4 is 0 Å². The Hall–Kier alpha value is -7.81. The molecule has 1 aliphatic heterocycles. The van der Waals surface area contributed by atoms with E-state index >= 15 is 0 Å². The predicted octanol–water partition coefficient (Wildman–Crippen LogP) is 16.4. The first kappa shape index (κ1) is 38.5. The summed E-state index contributed by atoms with van der Waals surface area (Å²) in [7, 11) is 0. The monoisotopic (exact) mass is 856 g/mol. The van der Waals surface area contributed by atoms with Gasteiger partial charge in [0.05, 0.1) is 16.7 Å². The highest BCUT2D eigenvalue weighted by Gasteiger charge is 2.36. The normalized spacial score (nSPS) is 20.7. The van der Waals surface area contributed by atoms with Crippen LogP contribution in [0, 0.1) is 5.92 Å². The van der Waals surface area contributed by atoms with E-state index in [1.165, 1.54) is 116 Å². The number of para-hydroxylation sites is 2. The maximum absolute atomic E-state index is 6.10. The van der Waals surface area contributed by atoms with Crippen molar-refractivity contribution in [3.63, 3.8) is 0 Å². The summed E-state index contributed by atoms with van der Waals surface area (Å²) in [4.78, 5) is 6.10. The van der Waals surface area contributed by atoms with Gasteiger partial charge in [-0.1, -0.05) is 190 Å². The quantitative estimate of drug-likeness (QED) is 0.165. The molecule has 2 unspecified atom stereocenters. The summed E-state index contributed by atoms with van der Waals surface area (Å²) < 4.78 is 2.47. The van der Waals surface area contributed by atoms with Gasteiger partial charge < -0.3 is 0 Å². The Morgan fingerprint density at radius 1 is 0.478 bits per heavy atom. The topological polar surface area (TPSA) is 17.3 Å². The van der Waals surface area contributed by atoms with Crippen LogP contribution in [0.25, 0.3) is 77.2 Å². The molecule has 0 saturated carbocycles. The lowest BCUT2D eigenvalue weighted by Gasteiger charge is -2.31. The van der Waals surface area contributed by atoms with Gasteiger partial charge in [0.2, 0.25) is 0 Å². The Morgan fingerprint density at radius 2 is 1.12 bits per heavy atom. The van der Waals surface area contributed by atoms with E-state index in [9.17, 15) is 0 Å². The molecule has 1 aromatic heterocycles. The summed E-state index contributed by atoms with van der Waals surface area (Å²) in [6, 6.07) is 73.3. The first-order chi connectivity index (χ1) is 33.0. The molecule has 2 heterocycles. The number of aromatic nitrogens is 1. The van der Waals surface area contributed by atoms with Gasteiger partial charge in [0.1, 0.15) is 5.84 Å². The van der Waals surface area contributed by atoms with Crippen LogP contribution in [0.15, 0.2) is 211 Å². The van der Waals surface area contributed by atoms with Crippen LogP contribution in [0.2, 0.25) is 0 Å². The van der Waals surface area contributed by atoms with Crippen molar-refractivity contribution >= 4 is 49.7 Å². The molecule has 0 saturated heterocycles. The Morgan fingerprint density at radius 3 is 1.91 bits per heavy atom. The summed E-state index contributed by atoms with van der Waals surface area (Å²) in [5.74, 6) is 1.69. The third-order valence-electron chi connectivity index (χ3n) is 15.7. The zero-order valence-corrected chi connectivity index (χ0v) is 37.8. The van der Waals surface area contributed by atoms with Crippen LogP contribution in [0.1, 0.15) is 76.6 Å². The van der Waals surface area contributed by atoms with Crippen molar-refractivity contribution in [2.75, 3.05) is 0 Å². The second-order valence-corrected chi connectivity index (χ2v) is 19.4. The molecule has 67 heavy (non-hydrogen) atoms. The van der Waals surface area contributed by atoms with Gasteiger partial charge in [-0.3, -0.25) is 4.57 Å². The second kappa shape index (κ2) is 14.9. The molecule has 0 N–H and O–H groups in total. The fourth-order valence-corrected chi connectivity index (χ4v) is 12.3. The molecule has 3 aliphatic carbocycles. The average molecular weight is 857 g/mol. The molecule has 2 nitrogen and oxygen atoms in total. The number of nitrogens with zero attached hydrogens (tertiary/aromatic N) is 2. The minimum Gasteiger partial charge on any atom is -0.297 e. The van der Waals surface area contributed by atoms with E-state index < -0.39 is 0 Å². The summed E-state index contributed by atoms with van der Waals surface area (Å²) >= 11 is 0. The third kappa shape index (κ3) is 5.92. The summed E-state index contributed by atoms with van der Waals surface area (Å²) in [6.07, 6.45) is 5.17. The summed E-state index contributed by atoms with van der Waals surface area (Å²) in [5, 5.41) is 5.12. The molecule has 14 rings (SSSR count). The molecule has 9 aromatic carbocycles. The second-order valence-electron chi connectivity index (χ2n) is 19.4. The van der Waals surface area contributed by atoms with Gasteiger partial charge in [0.25, 0.3) is 0 Å². The number of fused-ring (bicyclic) bond motifs is 14. The Labute approximate surface area is 391 Å². The zero-order chi connectivity index (χ0) is 44.3. The maximum Gasteiger partial charge on any atom is 0.117 e. The zero-order valence-electron chi connectivity index (χ0n) is 37.8. The number of hydrogen-bond donors (Lipinski definition) is 0. The van der Waals surface area contributed by atoms with Crippen LogP contribution in [0.4, 0.5) is 0 Å². The van der Waals surface area contributed by atoms with E-state index in [2.05, 4.69) is 219 Å². The van der Waals surface area contributed by atoms with Gasteiger partial charge in [0, 0.05) is 40.5 Å². The van der Waals surface area contributed by atoms with Crippen LogP contribution >= 0.6 is 0 Å². The van der Waals surface area contributed by atoms with Crippen molar-refractivity contribution in [2.24, 2.45) is 10.9 Å². The molecule has 0 amide bonds. The fourth-order valence-electron chi connectivity index (χ4n) is 12.3. The first-order valence-corrected chi connectivity index (χ1v) is 24.1. The molecule has 0 radical (unpaired) electrons. The lowest BCUT2D eigenvalue weighted by atomic mass is 9.72. The Balaban J connectivity index is 1.08. The number of aliphatic imine (C=N–C) groups is 1. The third-order valence-corrected chi connectivity index (χ3v) is 15.7. The average Bonchev–Trinajstić information content (AvgIpc) is 3.86. The molecule has 3 atom stereocenters. The smallest absolute Gasteiger partial charge is 0.117 e. The first-order valence-electron chi connectivity index (χ1n) is 24.1. The minimum absolute atomic E-state index is 0.112. The standard InChI is InChI=1S/C65H48N2/c1-39-24-30-51-59-38-58-49-19-9-8-18-48(49)40(2)54(58)37-60(59)57-36-47-34-45-16-6-7-17-46(45)35-55(47)50-31-25-41(32-56(50)57)33-61(51)64(44-28-26-43(27-29-44)42-14-4-3-5-15-42)66-65(39)67-62-22-12-10-20-52(62)53-21-11-13-23-63(53)67/h3-23,25-32,34-35,37-40,57H,24,33,36H2,1-2H3/b51-30+,64-61-,66-65+/t39-,40?,57?/m1/s1. The molecule has 318 valence electrons. The van der Waals surface area contributed by atoms with Crippen molar-refractivity contribution < 1.29 is 0 Å². The van der Waals surface area contributed by atoms with Gasteiger partial charge in [0.15, 0.2) is 0 Å².